The first-order valence-electron chi connectivity index (χ1n) is 7.66. The molecule has 0 aromatic heterocycles. The molecule has 6 unspecified atom stereocenters. The highest BCUT2D eigenvalue weighted by atomic mass is 79.9. The van der Waals surface area contributed by atoms with Crippen molar-refractivity contribution in [1.29, 1.82) is 0 Å². The van der Waals surface area contributed by atoms with Crippen LogP contribution in [0.4, 0.5) is 0 Å². The van der Waals surface area contributed by atoms with Gasteiger partial charge in [0.1, 0.15) is 0 Å². The van der Waals surface area contributed by atoms with E-state index in [0.29, 0.717) is 22.6 Å². The van der Waals surface area contributed by atoms with Gasteiger partial charge in [0.05, 0.1) is 0 Å². The quantitative estimate of drug-likeness (QED) is 0.798. The number of hydrogen-bond donors (Lipinski definition) is 1. The van der Waals surface area contributed by atoms with Gasteiger partial charge in [-0.1, -0.05) is 15.9 Å². The molecule has 100 valence electrons. The second-order valence-electron chi connectivity index (χ2n) is 7.04. The molecule has 2 nitrogen and oxygen atoms in total. The van der Waals surface area contributed by atoms with E-state index >= 15 is 0 Å². The van der Waals surface area contributed by atoms with Gasteiger partial charge in [-0.3, -0.25) is 4.79 Å². The molecule has 4 aliphatic rings. The van der Waals surface area contributed by atoms with Gasteiger partial charge in [0.15, 0.2) is 0 Å². The van der Waals surface area contributed by atoms with E-state index in [-0.39, 0.29) is 0 Å². The summed E-state index contributed by atoms with van der Waals surface area (Å²) in [7, 11) is 0. The third-order valence-electron chi connectivity index (χ3n) is 6.08. The average molecular weight is 312 g/mol. The number of nitrogens with one attached hydrogen (secondary N) is 1. The molecule has 0 aromatic carbocycles. The fourth-order valence-corrected chi connectivity index (χ4v) is 6.03. The minimum Gasteiger partial charge on any atom is -0.356 e. The maximum absolute atomic E-state index is 12.3. The Morgan fingerprint density at radius 2 is 1.78 bits per heavy atom. The van der Waals surface area contributed by atoms with Crippen LogP contribution >= 0.6 is 15.9 Å². The van der Waals surface area contributed by atoms with E-state index in [2.05, 4.69) is 21.2 Å². The lowest BCUT2D eigenvalue weighted by Gasteiger charge is -2.13. The van der Waals surface area contributed by atoms with E-state index in [0.717, 1.165) is 30.2 Å². The minimum atomic E-state index is 0.389. The summed E-state index contributed by atoms with van der Waals surface area (Å²) in [6, 6.07) is 0. The largest absolute Gasteiger partial charge is 0.356 e. The first-order valence-corrected chi connectivity index (χ1v) is 8.57. The highest BCUT2D eigenvalue weighted by Gasteiger charge is 2.67. The molecule has 4 aliphatic carbocycles. The van der Waals surface area contributed by atoms with Crippen molar-refractivity contribution in [3.63, 3.8) is 0 Å². The van der Waals surface area contributed by atoms with E-state index in [4.69, 9.17) is 0 Å². The smallest absolute Gasteiger partial charge is 0.223 e. The van der Waals surface area contributed by atoms with Crippen molar-refractivity contribution in [3.8, 4) is 0 Å². The van der Waals surface area contributed by atoms with Gasteiger partial charge in [-0.15, -0.1) is 0 Å². The lowest BCUT2D eigenvalue weighted by atomic mass is 10.0. The van der Waals surface area contributed by atoms with E-state index in [1.807, 2.05) is 0 Å². The molecule has 0 aromatic rings. The number of alkyl halides is 1. The molecule has 4 fully saturated rings. The van der Waals surface area contributed by atoms with Crippen LogP contribution in [0.15, 0.2) is 0 Å². The zero-order chi connectivity index (χ0) is 12.3. The average Bonchev–Trinajstić information content (AvgIpc) is 2.69. The van der Waals surface area contributed by atoms with Gasteiger partial charge in [0.2, 0.25) is 5.91 Å². The maximum Gasteiger partial charge on any atom is 0.223 e. The first-order chi connectivity index (χ1) is 8.74. The molecule has 6 atom stereocenters. The van der Waals surface area contributed by atoms with Crippen LogP contribution in [0, 0.1) is 35.5 Å². The predicted molar refractivity (Wildman–Crippen MR) is 74.4 cm³/mol. The molecule has 3 heteroatoms. The monoisotopic (exact) mass is 311 g/mol. The Bertz CT molecular complexity index is 356. The maximum atomic E-state index is 12.3. The summed E-state index contributed by atoms with van der Waals surface area (Å²) >= 11 is 3.68. The summed E-state index contributed by atoms with van der Waals surface area (Å²) in [5, 5.41) is 3.24. The van der Waals surface area contributed by atoms with Crippen LogP contribution in [0.5, 0.6) is 0 Å². The van der Waals surface area contributed by atoms with Crippen molar-refractivity contribution < 1.29 is 4.79 Å². The Balaban J connectivity index is 1.28. The van der Waals surface area contributed by atoms with Crippen LogP contribution in [0.2, 0.25) is 0 Å². The van der Waals surface area contributed by atoms with Crippen LogP contribution in [-0.4, -0.2) is 17.3 Å². The van der Waals surface area contributed by atoms with Gasteiger partial charge in [-0.2, -0.15) is 0 Å². The zero-order valence-corrected chi connectivity index (χ0v) is 12.4. The highest BCUT2D eigenvalue weighted by molar-refractivity contribution is 9.09. The molecule has 0 spiro atoms. The summed E-state index contributed by atoms with van der Waals surface area (Å²) in [5.74, 6) is 4.92. The molecule has 2 bridgehead atoms. The Labute approximate surface area is 117 Å². The van der Waals surface area contributed by atoms with Crippen LogP contribution in [0.1, 0.15) is 38.5 Å². The van der Waals surface area contributed by atoms with Gasteiger partial charge >= 0.3 is 0 Å². The highest BCUT2D eigenvalue weighted by Crippen LogP contribution is 2.69. The summed E-state index contributed by atoms with van der Waals surface area (Å²) < 4.78 is 0. The van der Waals surface area contributed by atoms with Crippen molar-refractivity contribution in [1.82, 2.24) is 5.32 Å². The fourth-order valence-electron chi connectivity index (χ4n) is 5.24. The zero-order valence-electron chi connectivity index (χ0n) is 10.8. The van der Waals surface area contributed by atoms with Gasteiger partial charge in [-0.25, -0.2) is 0 Å². The number of amides is 1. The molecule has 0 aliphatic heterocycles. The SMILES string of the molecule is O=C(NCC1CCC(Br)C1)C1C2C3CCC(C3)C12. The molecule has 4 saturated carbocycles. The Morgan fingerprint density at radius 1 is 1.06 bits per heavy atom. The van der Waals surface area contributed by atoms with Crippen molar-refractivity contribution in [3.05, 3.63) is 0 Å². The number of hydrogen-bond acceptors (Lipinski definition) is 1. The molecule has 1 N–H and O–H groups in total. The molecule has 0 radical (unpaired) electrons. The third kappa shape index (κ3) is 1.76. The Kier molecular flexibility index (Phi) is 2.76. The summed E-state index contributed by atoms with van der Waals surface area (Å²) in [5.41, 5.74) is 0. The number of carbonyl (C=O) groups excluding carboxylic acids is 1. The third-order valence-corrected chi connectivity index (χ3v) is 6.91. The van der Waals surface area contributed by atoms with E-state index in [1.54, 1.807) is 0 Å². The van der Waals surface area contributed by atoms with Gasteiger partial charge in [0.25, 0.3) is 0 Å². The van der Waals surface area contributed by atoms with Crippen molar-refractivity contribution in [2.24, 2.45) is 35.5 Å². The molecule has 1 amide bonds. The Hall–Kier alpha value is -0.0500. The minimum absolute atomic E-state index is 0.389. The van der Waals surface area contributed by atoms with Gasteiger partial charge in [-0.05, 0) is 68.1 Å². The summed E-state index contributed by atoms with van der Waals surface area (Å²) in [6.45, 7) is 0.923. The normalized spacial score (nSPS) is 52.4. The number of halogens is 1. The van der Waals surface area contributed by atoms with E-state index in [9.17, 15) is 4.79 Å². The molecule has 18 heavy (non-hydrogen) atoms. The molecular formula is C15H22BrNO. The lowest BCUT2D eigenvalue weighted by molar-refractivity contribution is -0.123. The van der Waals surface area contributed by atoms with Crippen molar-refractivity contribution in [2.75, 3.05) is 6.54 Å². The fraction of sp³-hybridized carbons (Fsp3) is 0.933. The summed E-state index contributed by atoms with van der Waals surface area (Å²) in [4.78, 5) is 12.9. The second kappa shape index (κ2) is 4.22. The number of rotatable bonds is 3. The van der Waals surface area contributed by atoms with E-state index < -0.39 is 0 Å². The van der Waals surface area contributed by atoms with Crippen molar-refractivity contribution in [2.45, 2.75) is 43.4 Å². The van der Waals surface area contributed by atoms with Crippen LogP contribution in [0.25, 0.3) is 0 Å². The predicted octanol–water partition coefficient (Wildman–Crippen LogP) is 2.96. The first kappa shape index (κ1) is 11.7. The lowest BCUT2D eigenvalue weighted by Crippen LogP contribution is -2.31. The summed E-state index contributed by atoms with van der Waals surface area (Å²) in [6.07, 6.45) is 8.04. The van der Waals surface area contributed by atoms with Crippen LogP contribution < -0.4 is 5.32 Å². The molecular weight excluding hydrogens is 290 g/mol. The molecule has 0 heterocycles. The van der Waals surface area contributed by atoms with E-state index in [1.165, 1.54) is 38.5 Å². The molecule has 0 saturated heterocycles. The molecule has 4 rings (SSSR count). The van der Waals surface area contributed by atoms with Crippen LogP contribution in [-0.2, 0) is 4.79 Å². The van der Waals surface area contributed by atoms with Crippen molar-refractivity contribution >= 4 is 21.8 Å². The number of fused-ring (bicyclic) bond motifs is 5. The second-order valence-corrected chi connectivity index (χ2v) is 8.33. The standard InChI is InChI=1S/C15H22BrNO/c16-11-4-1-8(5-11)7-17-15(18)14-12-9-2-3-10(6-9)13(12)14/h8-14H,1-7H2,(H,17,18). The van der Waals surface area contributed by atoms with Gasteiger partial charge < -0.3 is 5.32 Å². The Morgan fingerprint density at radius 3 is 2.39 bits per heavy atom. The van der Waals surface area contributed by atoms with Gasteiger partial charge in [0, 0.05) is 17.3 Å². The topological polar surface area (TPSA) is 29.1 Å². The van der Waals surface area contributed by atoms with Crippen LogP contribution in [0.3, 0.4) is 0 Å². The number of carbonyl (C=O) groups is 1.